The van der Waals surface area contributed by atoms with Crippen molar-refractivity contribution in [3.63, 3.8) is 0 Å². The van der Waals surface area contributed by atoms with Gasteiger partial charge in [0.25, 0.3) is 0 Å². The van der Waals surface area contributed by atoms with E-state index in [0.29, 0.717) is 0 Å². The van der Waals surface area contributed by atoms with Gasteiger partial charge in [-0.3, -0.25) is 14.4 Å². The summed E-state index contributed by atoms with van der Waals surface area (Å²) in [5.74, 6) is 0. The minimum absolute atomic E-state index is 0.857. The van der Waals surface area contributed by atoms with Gasteiger partial charge in [0.1, 0.15) is 11.3 Å². The van der Waals surface area contributed by atoms with Crippen LogP contribution in [-0.2, 0) is 0 Å². The number of anilines is 1. The summed E-state index contributed by atoms with van der Waals surface area (Å²) >= 11 is 0. The number of piperazine rings is 1. The molecule has 6 rings (SSSR count). The molecule has 1 fully saturated rings. The molecule has 0 aliphatic carbocycles. The smallest absolute Gasteiger partial charge is 0.138 e. The minimum atomic E-state index is 0.857. The number of likely N-dealkylation sites (N-methyl/N-ethyl adjacent to an activating group) is 1. The SMILES string of the molecule is CN1CCN(c2ccc(-c3cc(-c4c(-c5ccccn5)nc5ccccn45)ccn3)cc2)CC1. The van der Waals surface area contributed by atoms with Crippen molar-refractivity contribution >= 4 is 11.3 Å². The van der Waals surface area contributed by atoms with E-state index in [1.54, 1.807) is 0 Å². The van der Waals surface area contributed by atoms with E-state index in [1.165, 1.54) is 5.69 Å². The van der Waals surface area contributed by atoms with Crippen molar-refractivity contribution in [3.8, 4) is 33.9 Å². The predicted octanol–water partition coefficient (Wildman–Crippen LogP) is 4.88. The molecule has 168 valence electrons. The van der Waals surface area contributed by atoms with Gasteiger partial charge in [-0.1, -0.05) is 24.3 Å². The molecule has 0 radical (unpaired) electrons. The van der Waals surface area contributed by atoms with Crippen molar-refractivity contribution < 1.29 is 0 Å². The molecular formula is C28H26N6. The van der Waals surface area contributed by atoms with Gasteiger partial charge in [-0.15, -0.1) is 0 Å². The molecule has 0 atom stereocenters. The Labute approximate surface area is 199 Å². The molecule has 1 aliphatic heterocycles. The fourth-order valence-corrected chi connectivity index (χ4v) is 4.60. The second-order valence-electron chi connectivity index (χ2n) is 8.72. The van der Waals surface area contributed by atoms with Crippen LogP contribution in [0.4, 0.5) is 5.69 Å². The van der Waals surface area contributed by atoms with Gasteiger partial charge >= 0.3 is 0 Å². The maximum Gasteiger partial charge on any atom is 0.138 e. The Morgan fingerprint density at radius 2 is 1.50 bits per heavy atom. The van der Waals surface area contributed by atoms with Crippen LogP contribution in [0, 0.1) is 0 Å². The molecule has 1 saturated heterocycles. The molecule has 0 unspecified atom stereocenters. The van der Waals surface area contributed by atoms with Gasteiger partial charge in [-0.2, -0.15) is 0 Å². The lowest BCUT2D eigenvalue weighted by Crippen LogP contribution is -2.44. The van der Waals surface area contributed by atoms with Crippen LogP contribution in [0.2, 0.25) is 0 Å². The van der Waals surface area contributed by atoms with Crippen molar-refractivity contribution in [3.05, 3.63) is 91.4 Å². The topological polar surface area (TPSA) is 49.6 Å². The van der Waals surface area contributed by atoms with Gasteiger partial charge in [0.05, 0.1) is 17.1 Å². The van der Waals surface area contributed by atoms with Crippen LogP contribution < -0.4 is 4.90 Å². The summed E-state index contributed by atoms with van der Waals surface area (Å²) in [4.78, 5) is 19.0. The van der Waals surface area contributed by atoms with Crippen molar-refractivity contribution in [2.75, 3.05) is 38.1 Å². The van der Waals surface area contributed by atoms with Crippen LogP contribution in [0.5, 0.6) is 0 Å². The van der Waals surface area contributed by atoms with Gasteiger partial charge in [0, 0.05) is 61.6 Å². The first-order valence-corrected chi connectivity index (χ1v) is 11.7. The number of rotatable bonds is 4. The second-order valence-corrected chi connectivity index (χ2v) is 8.72. The highest BCUT2D eigenvalue weighted by molar-refractivity contribution is 5.82. The Balaban J connectivity index is 1.38. The molecule has 6 heteroatoms. The highest BCUT2D eigenvalue weighted by Crippen LogP contribution is 2.33. The van der Waals surface area contributed by atoms with E-state index in [4.69, 9.17) is 4.98 Å². The Morgan fingerprint density at radius 1 is 0.706 bits per heavy atom. The van der Waals surface area contributed by atoms with Gasteiger partial charge in [-0.25, -0.2) is 4.98 Å². The van der Waals surface area contributed by atoms with Gasteiger partial charge in [0.2, 0.25) is 0 Å². The molecular weight excluding hydrogens is 420 g/mol. The lowest BCUT2D eigenvalue weighted by molar-refractivity contribution is 0.313. The Hall–Kier alpha value is -4.03. The number of nitrogens with zero attached hydrogens (tertiary/aromatic N) is 6. The number of benzene rings is 1. The van der Waals surface area contributed by atoms with Gasteiger partial charge < -0.3 is 9.80 Å². The average Bonchev–Trinajstić information content (AvgIpc) is 3.30. The van der Waals surface area contributed by atoms with Gasteiger partial charge in [0.15, 0.2) is 0 Å². The molecule has 0 amide bonds. The van der Waals surface area contributed by atoms with Crippen LogP contribution in [0.1, 0.15) is 0 Å². The number of aromatic nitrogens is 4. The van der Waals surface area contributed by atoms with Crippen LogP contribution in [0.25, 0.3) is 39.5 Å². The number of hydrogen-bond donors (Lipinski definition) is 0. The normalized spacial score (nSPS) is 14.6. The second kappa shape index (κ2) is 8.72. The first-order chi connectivity index (χ1) is 16.8. The summed E-state index contributed by atoms with van der Waals surface area (Å²) in [6.45, 7) is 4.33. The fourth-order valence-electron chi connectivity index (χ4n) is 4.60. The van der Waals surface area contributed by atoms with Crippen molar-refractivity contribution in [2.24, 2.45) is 0 Å². The maximum atomic E-state index is 4.90. The number of hydrogen-bond acceptors (Lipinski definition) is 5. The van der Waals surface area contributed by atoms with Gasteiger partial charge in [-0.05, 0) is 55.6 Å². The first kappa shape index (κ1) is 20.6. The largest absolute Gasteiger partial charge is 0.369 e. The standard InChI is InChI=1S/C28H26N6/c1-32-16-18-33(19-17-32)23-10-8-21(9-11-23)25-20-22(12-14-30-25)28-27(24-6-2-4-13-29-24)31-26-7-3-5-15-34(26)28/h2-15,20H,16-19H2,1H3. The van der Waals surface area contributed by atoms with Crippen molar-refractivity contribution in [2.45, 2.75) is 0 Å². The van der Waals surface area contributed by atoms with E-state index in [9.17, 15) is 0 Å². The van der Waals surface area contributed by atoms with Crippen molar-refractivity contribution in [1.82, 2.24) is 24.3 Å². The minimum Gasteiger partial charge on any atom is -0.369 e. The Bertz CT molecular complexity index is 1420. The highest BCUT2D eigenvalue weighted by Gasteiger charge is 2.18. The molecule has 4 aromatic heterocycles. The van der Waals surface area contributed by atoms with Crippen LogP contribution in [-0.4, -0.2) is 57.5 Å². The Kier molecular flexibility index (Phi) is 5.28. The van der Waals surface area contributed by atoms with Crippen LogP contribution in [0.15, 0.2) is 91.4 Å². The first-order valence-electron chi connectivity index (χ1n) is 11.7. The van der Waals surface area contributed by atoms with E-state index < -0.39 is 0 Å². The lowest BCUT2D eigenvalue weighted by Gasteiger charge is -2.34. The number of pyridine rings is 3. The highest BCUT2D eigenvalue weighted by atomic mass is 15.2. The molecule has 5 heterocycles. The van der Waals surface area contributed by atoms with E-state index in [2.05, 4.69) is 67.7 Å². The molecule has 1 aromatic carbocycles. The zero-order chi connectivity index (χ0) is 22.9. The quantitative estimate of drug-likeness (QED) is 0.394. The molecule has 0 bridgehead atoms. The molecule has 1 aliphatic rings. The summed E-state index contributed by atoms with van der Waals surface area (Å²) in [6.07, 6.45) is 5.74. The molecule has 0 saturated carbocycles. The predicted molar refractivity (Wildman–Crippen MR) is 137 cm³/mol. The third-order valence-corrected chi connectivity index (χ3v) is 6.50. The number of imidazole rings is 1. The lowest BCUT2D eigenvalue weighted by atomic mass is 10.0. The molecule has 0 spiro atoms. The third kappa shape index (κ3) is 3.82. The molecule has 5 aromatic rings. The molecule has 6 nitrogen and oxygen atoms in total. The zero-order valence-corrected chi connectivity index (χ0v) is 19.2. The number of fused-ring (bicyclic) bond motifs is 1. The summed E-state index contributed by atoms with van der Waals surface area (Å²) in [5, 5.41) is 0. The Morgan fingerprint density at radius 3 is 2.29 bits per heavy atom. The van der Waals surface area contributed by atoms with E-state index >= 15 is 0 Å². The van der Waals surface area contributed by atoms with Crippen molar-refractivity contribution in [1.29, 1.82) is 0 Å². The summed E-state index contributed by atoms with van der Waals surface area (Å²) in [5.41, 5.74) is 8.03. The summed E-state index contributed by atoms with van der Waals surface area (Å²) in [7, 11) is 2.18. The fraction of sp³-hybridized carbons (Fsp3) is 0.179. The molecule has 34 heavy (non-hydrogen) atoms. The van der Waals surface area contributed by atoms with E-state index in [1.807, 2.05) is 54.9 Å². The monoisotopic (exact) mass is 446 g/mol. The third-order valence-electron chi connectivity index (χ3n) is 6.50. The maximum absolute atomic E-state index is 4.90. The summed E-state index contributed by atoms with van der Waals surface area (Å²) < 4.78 is 2.12. The van der Waals surface area contributed by atoms with Crippen LogP contribution >= 0.6 is 0 Å². The zero-order valence-electron chi connectivity index (χ0n) is 19.2. The van der Waals surface area contributed by atoms with E-state index in [-0.39, 0.29) is 0 Å². The summed E-state index contributed by atoms with van der Waals surface area (Å²) in [6, 6.07) is 24.9. The molecule has 0 N–H and O–H groups in total. The average molecular weight is 447 g/mol. The van der Waals surface area contributed by atoms with E-state index in [0.717, 1.165) is 65.7 Å². The van der Waals surface area contributed by atoms with Crippen LogP contribution in [0.3, 0.4) is 0 Å².